The first kappa shape index (κ1) is 18.3. The number of esters is 2. The maximum atomic E-state index is 12.3. The number of carbonyl (C=O) groups is 2. The Morgan fingerprint density at radius 3 is 2.42 bits per heavy atom. The van der Waals surface area contributed by atoms with E-state index in [4.69, 9.17) is 21.1 Å². The molecule has 7 heteroatoms. The predicted molar refractivity (Wildman–Crippen MR) is 93.1 cm³/mol. The third-order valence-corrected chi connectivity index (χ3v) is 3.87. The molecule has 0 aliphatic rings. The van der Waals surface area contributed by atoms with E-state index in [1.165, 1.54) is 25.3 Å². The molecule has 126 valence electrons. The SMILES string of the molecule is CCOc1ccc(C(=O)Oc2ccc(Cl)cc2C(=O)OC)cc1Br. The van der Waals surface area contributed by atoms with Gasteiger partial charge >= 0.3 is 11.9 Å². The van der Waals surface area contributed by atoms with Crippen LogP contribution in [0.4, 0.5) is 0 Å². The van der Waals surface area contributed by atoms with Crippen molar-refractivity contribution < 1.29 is 23.8 Å². The van der Waals surface area contributed by atoms with E-state index >= 15 is 0 Å². The Kier molecular flexibility index (Phi) is 6.23. The van der Waals surface area contributed by atoms with Crippen LogP contribution in [-0.4, -0.2) is 25.7 Å². The van der Waals surface area contributed by atoms with Crippen LogP contribution in [0.1, 0.15) is 27.6 Å². The summed E-state index contributed by atoms with van der Waals surface area (Å²) < 4.78 is 16.0. The van der Waals surface area contributed by atoms with Crippen LogP contribution in [0.5, 0.6) is 11.5 Å². The molecule has 0 spiro atoms. The maximum absolute atomic E-state index is 12.3. The zero-order valence-corrected chi connectivity index (χ0v) is 15.3. The Bertz CT molecular complexity index is 776. The summed E-state index contributed by atoms with van der Waals surface area (Å²) in [5.41, 5.74) is 0.374. The molecule has 0 atom stereocenters. The van der Waals surface area contributed by atoms with E-state index in [1.807, 2.05) is 6.92 Å². The Balaban J connectivity index is 2.27. The summed E-state index contributed by atoms with van der Waals surface area (Å²) in [7, 11) is 1.23. The van der Waals surface area contributed by atoms with Gasteiger partial charge in [-0.3, -0.25) is 0 Å². The fourth-order valence-corrected chi connectivity index (χ4v) is 2.59. The number of ether oxygens (including phenoxy) is 3. The van der Waals surface area contributed by atoms with Gasteiger partial charge in [0.05, 0.1) is 23.8 Å². The van der Waals surface area contributed by atoms with Crippen LogP contribution in [-0.2, 0) is 4.74 Å². The van der Waals surface area contributed by atoms with Crippen LogP contribution >= 0.6 is 27.5 Å². The molecule has 2 aromatic carbocycles. The zero-order chi connectivity index (χ0) is 17.7. The van der Waals surface area contributed by atoms with Gasteiger partial charge in [-0.25, -0.2) is 9.59 Å². The molecule has 0 radical (unpaired) electrons. The largest absolute Gasteiger partial charge is 0.493 e. The van der Waals surface area contributed by atoms with Crippen LogP contribution in [0.2, 0.25) is 5.02 Å². The van der Waals surface area contributed by atoms with Gasteiger partial charge in [0.25, 0.3) is 0 Å². The molecule has 2 aromatic rings. The Hall–Kier alpha value is -2.05. The van der Waals surface area contributed by atoms with Crippen LogP contribution in [0.3, 0.4) is 0 Å². The molecule has 0 unspecified atom stereocenters. The Morgan fingerprint density at radius 1 is 1.08 bits per heavy atom. The second-order valence-electron chi connectivity index (χ2n) is 4.60. The van der Waals surface area contributed by atoms with Crippen molar-refractivity contribution >= 4 is 39.5 Å². The summed E-state index contributed by atoms with van der Waals surface area (Å²) in [6.45, 7) is 2.37. The standard InChI is InChI=1S/C17H14BrClO5/c1-3-23-15-6-4-10(8-13(15)18)16(20)24-14-7-5-11(19)9-12(14)17(21)22-2/h4-9H,3H2,1-2H3. The predicted octanol–water partition coefficient (Wildman–Crippen LogP) is 4.51. The molecular weight excluding hydrogens is 400 g/mol. The second-order valence-corrected chi connectivity index (χ2v) is 5.89. The third-order valence-electron chi connectivity index (χ3n) is 3.02. The van der Waals surface area contributed by atoms with E-state index in [9.17, 15) is 9.59 Å². The first-order valence-electron chi connectivity index (χ1n) is 6.98. The molecule has 0 N–H and O–H groups in total. The topological polar surface area (TPSA) is 61.8 Å². The van der Waals surface area contributed by atoms with Crippen LogP contribution in [0.25, 0.3) is 0 Å². The minimum Gasteiger partial charge on any atom is -0.493 e. The van der Waals surface area contributed by atoms with Crippen molar-refractivity contribution in [1.29, 1.82) is 0 Å². The molecule has 0 saturated heterocycles. The van der Waals surface area contributed by atoms with Crippen molar-refractivity contribution in [3.05, 3.63) is 57.0 Å². The van der Waals surface area contributed by atoms with Gasteiger partial charge in [-0.2, -0.15) is 0 Å². The van der Waals surface area contributed by atoms with E-state index in [0.29, 0.717) is 27.4 Å². The molecule has 0 bridgehead atoms. The van der Waals surface area contributed by atoms with Gasteiger partial charge in [0.1, 0.15) is 17.1 Å². The lowest BCUT2D eigenvalue weighted by molar-refractivity contribution is 0.0593. The number of rotatable bonds is 5. The highest BCUT2D eigenvalue weighted by Gasteiger charge is 2.18. The van der Waals surface area contributed by atoms with Crippen LogP contribution in [0.15, 0.2) is 40.9 Å². The first-order valence-corrected chi connectivity index (χ1v) is 8.15. The summed E-state index contributed by atoms with van der Waals surface area (Å²) in [6.07, 6.45) is 0. The molecule has 0 amide bonds. The summed E-state index contributed by atoms with van der Waals surface area (Å²) in [4.78, 5) is 24.1. The lowest BCUT2D eigenvalue weighted by Crippen LogP contribution is -2.12. The molecule has 0 heterocycles. The van der Waals surface area contributed by atoms with Crippen LogP contribution < -0.4 is 9.47 Å². The number of hydrogen-bond donors (Lipinski definition) is 0. The van der Waals surface area contributed by atoms with Gasteiger partial charge < -0.3 is 14.2 Å². The molecule has 0 fully saturated rings. The zero-order valence-electron chi connectivity index (χ0n) is 13.0. The van der Waals surface area contributed by atoms with E-state index in [2.05, 4.69) is 20.7 Å². The molecule has 0 aliphatic heterocycles. The van der Waals surface area contributed by atoms with Crippen molar-refractivity contribution in [2.75, 3.05) is 13.7 Å². The number of benzene rings is 2. The molecule has 0 saturated carbocycles. The Labute approximate surface area is 152 Å². The minimum absolute atomic E-state index is 0.0706. The monoisotopic (exact) mass is 412 g/mol. The smallest absolute Gasteiger partial charge is 0.343 e. The fraction of sp³-hybridized carbons (Fsp3) is 0.176. The highest BCUT2D eigenvalue weighted by Crippen LogP contribution is 2.28. The molecule has 0 aliphatic carbocycles. The number of carbonyl (C=O) groups excluding carboxylic acids is 2. The highest BCUT2D eigenvalue weighted by molar-refractivity contribution is 9.10. The van der Waals surface area contributed by atoms with E-state index in [0.717, 1.165) is 0 Å². The average molecular weight is 414 g/mol. The molecule has 2 rings (SSSR count). The summed E-state index contributed by atoms with van der Waals surface area (Å²) in [5, 5.41) is 0.332. The molecule has 5 nitrogen and oxygen atoms in total. The van der Waals surface area contributed by atoms with Crippen molar-refractivity contribution in [3.8, 4) is 11.5 Å². The van der Waals surface area contributed by atoms with E-state index in [1.54, 1.807) is 18.2 Å². The van der Waals surface area contributed by atoms with Gasteiger partial charge in [0.2, 0.25) is 0 Å². The van der Waals surface area contributed by atoms with Gasteiger partial charge in [0, 0.05) is 5.02 Å². The van der Waals surface area contributed by atoms with E-state index in [-0.39, 0.29) is 11.3 Å². The Morgan fingerprint density at radius 2 is 1.79 bits per heavy atom. The van der Waals surface area contributed by atoms with Crippen molar-refractivity contribution in [1.82, 2.24) is 0 Å². The fourth-order valence-electron chi connectivity index (χ4n) is 1.92. The maximum Gasteiger partial charge on any atom is 0.343 e. The normalized spacial score (nSPS) is 10.2. The lowest BCUT2D eigenvalue weighted by Gasteiger charge is -2.10. The minimum atomic E-state index is -0.645. The van der Waals surface area contributed by atoms with Gasteiger partial charge in [-0.05, 0) is 59.3 Å². The van der Waals surface area contributed by atoms with E-state index < -0.39 is 11.9 Å². The quantitative estimate of drug-likeness (QED) is 0.533. The third kappa shape index (κ3) is 4.27. The van der Waals surface area contributed by atoms with Crippen LogP contribution in [0, 0.1) is 0 Å². The van der Waals surface area contributed by atoms with Gasteiger partial charge in [0.15, 0.2) is 0 Å². The summed E-state index contributed by atoms with van der Waals surface area (Å²) in [5.74, 6) is -0.573. The van der Waals surface area contributed by atoms with Crippen molar-refractivity contribution in [2.24, 2.45) is 0 Å². The summed E-state index contributed by atoms with van der Waals surface area (Å²) in [6, 6.07) is 9.16. The number of halogens is 2. The molecule has 0 aromatic heterocycles. The number of methoxy groups -OCH3 is 1. The second kappa shape index (κ2) is 8.17. The highest BCUT2D eigenvalue weighted by atomic mass is 79.9. The summed E-state index contributed by atoms with van der Waals surface area (Å²) >= 11 is 9.21. The lowest BCUT2D eigenvalue weighted by atomic mass is 10.2. The average Bonchev–Trinajstić information content (AvgIpc) is 2.57. The van der Waals surface area contributed by atoms with Crippen molar-refractivity contribution in [3.63, 3.8) is 0 Å². The van der Waals surface area contributed by atoms with Gasteiger partial charge in [-0.1, -0.05) is 11.6 Å². The number of hydrogen-bond acceptors (Lipinski definition) is 5. The molecular formula is C17H14BrClO5. The molecule has 24 heavy (non-hydrogen) atoms. The van der Waals surface area contributed by atoms with Gasteiger partial charge in [-0.15, -0.1) is 0 Å². The first-order chi connectivity index (χ1) is 11.5. The van der Waals surface area contributed by atoms with Crippen molar-refractivity contribution in [2.45, 2.75) is 6.92 Å².